The van der Waals surface area contributed by atoms with Gasteiger partial charge < -0.3 is 5.11 Å². The van der Waals surface area contributed by atoms with Crippen LogP contribution in [0.25, 0.3) is 0 Å². The van der Waals surface area contributed by atoms with Crippen molar-refractivity contribution in [2.24, 2.45) is 0 Å². The Morgan fingerprint density at radius 3 is 2.85 bits per heavy atom. The zero-order valence-electron chi connectivity index (χ0n) is 10.9. The van der Waals surface area contributed by atoms with Gasteiger partial charge in [-0.2, -0.15) is 0 Å². The summed E-state index contributed by atoms with van der Waals surface area (Å²) in [7, 11) is 0. The molecular formula is C15H13NO4. The van der Waals surface area contributed by atoms with Gasteiger partial charge in [-0.25, -0.2) is 0 Å². The Labute approximate surface area is 115 Å². The molecule has 1 aromatic rings. The topological polar surface area (TPSA) is 80.4 Å². The number of Topliss-reactive ketones (excluding diaryl/α,β-unsaturated/α-hetero) is 1. The van der Waals surface area contributed by atoms with Crippen molar-refractivity contribution >= 4 is 11.5 Å². The second-order valence-corrected chi connectivity index (χ2v) is 5.10. The molecule has 3 rings (SSSR count). The number of hydrogen-bond acceptors (Lipinski definition) is 4. The third-order valence-corrected chi connectivity index (χ3v) is 3.89. The van der Waals surface area contributed by atoms with Crippen LogP contribution in [0.15, 0.2) is 35.9 Å². The first-order valence-electron chi connectivity index (χ1n) is 6.42. The maximum atomic E-state index is 12.3. The summed E-state index contributed by atoms with van der Waals surface area (Å²) in [5.74, 6) is -0.185. The molecule has 2 aliphatic rings. The van der Waals surface area contributed by atoms with E-state index < -0.39 is 11.0 Å². The number of nitro groups is 1. The first kappa shape index (κ1) is 12.7. The van der Waals surface area contributed by atoms with E-state index in [1.165, 1.54) is 13.0 Å². The Hall–Kier alpha value is -2.27. The van der Waals surface area contributed by atoms with Gasteiger partial charge in [-0.15, -0.1) is 0 Å². The van der Waals surface area contributed by atoms with Crippen molar-refractivity contribution < 1.29 is 14.8 Å². The standard InChI is InChI=1S/C15H13NO4/c1-8(17)11-6-12-9-4-2-3-5-10(9)15(18)13(12)7-14(11)16(19)20/h2-3,5-9,17H,4H2,1H3. The lowest BCUT2D eigenvalue weighted by Gasteiger charge is -2.14. The van der Waals surface area contributed by atoms with Crippen molar-refractivity contribution in [1.29, 1.82) is 0 Å². The third kappa shape index (κ3) is 1.71. The predicted octanol–water partition coefficient (Wildman–Crippen LogP) is 2.81. The van der Waals surface area contributed by atoms with Gasteiger partial charge >= 0.3 is 0 Å². The smallest absolute Gasteiger partial charge is 0.275 e. The van der Waals surface area contributed by atoms with Crippen molar-refractivity contribution in [2.45, 2.75) is 25.4 Å². The van der Waals surface area contributed by atoms with Crippen LogP contribution in [-0.4, -0.2) is 15.8 Å². The molecule has 0 fully saturated rings. The zero-order valence-corrected chi connectivity index (χ0v) is 10.9. The van der Waals surface area contributed by atoms with E-state index in [1.54, 1.807) is 12.1 Å². The van der Waals surface area contributed by atoms with E-state index in [-0.39, 0.29) is 23.0 Å². The lowest BCUT2D eigenvalue weighted by molar-refractivity contribution is -0.386. The number of carbonyl (C=O) groups is 1. The molecule has 2 aliphatic carbocycles. The van der Waals surface area contributed by atoms with Gasteiger partial charge in [-0.05, 0) is 25.0 Å². The number of aliphatic hydroxyl groups excluding tert-OH is 1. The predicted molar refractivity (Wildman–Crippen MR) is 72.6 cm³/mol. The fourth-order valence-corrected chi connectivity index (χ4v) is 2.91. The highest BCUT2D eigenvalue weighted by molar-refractivity contribution is 6.15. The Morgan fingerprint density at radius 1 is 1.45 bits per heavy atom. The van der Waals surface area contributed by atoms with Crippen molar-refractivity contribution in [3.05, 3.63) is 62.7 Å². The number of hydrogen-bond donors (Lipinski definition) is 1. The fourth-order valence-electron chi connectivity index (χ4n) is 2.91. The Kier molecular flexibility index (Phi) is 2.79. The molecule has 0 heterocycles. The van der Waals surface area contributed by atoms with Crippen LogP contribution < -0.4 is 0 Å². The number of nitrogens with zero attached hydrogens (tertiary/aromatic N) is 1. The van der Waals surface area contributed by atoms with E-state index in [0.29, 0.717) is 17.6 Å². The van der Waals surface area contributed by atoms with Crippen LogP contribution in [0, 0.1) is 10.1 Å². The van der Waals surface area contributed by atoms with Gasteiger partial charge in [0.2, 0.25) is 0 Å². The van der Waals surface area contributed by atoms with Crippen LogP contribution in [0.2, 0.25) is 0 Å². The quantitative estimate of drug-likeness (QED) is 0.662. The summed E-state index contributed by atoms with van der Waals surface area (Å²) in [5.41, 5.74) is 1.92. The molecule has 1 aromatic carbocycles. The van der Waals surface area contributed by atoms with Crippen LogP contribution in [0.3, 0.4) is 0 Å². The van der Waals surface area contributed by atoms with E-state index in [0.717, 1.165) is 5.56 Å². The molecule has 0 aliphatic heterocycles. The van der Waals surface area contributed by atoms with Gasteiger partial charge in [0.15, 0.2) is 5.78 Å². The summed E-state index contributed by atoms with van der Waals surface area (Å²) in [6.07, 6.45) is 5.34. The van der Waals surface area contributed by atoms with Crippen molar-refractivity contribution in [2.75, 3.05) is 0 Å². The van der Waals surface area contributed by atoms with Gasteiger partial charge in [-0.1, -0.05) is 18.2 Å². The SMILES string of the molecule is CC(O)c1cc2c(cc1[N+](=O)[O-])C(=O)C1=CC=CCC12. The van der Waals surface area contributed by atoms with Crippen LogP contribution in [0.4, 0.5) is 5.69 Å². The molecule has 20 heavy (non-hydrogen) atoms. The van der Waals surface area contributed by atoms with Crippen LogP contribution in [-0.2, 0) is 0 Å². The highest BCUT2D eigenvalue weighted by Gasteiger charge is 2.37. The monoisotopic (exact) mass is 271 g/mol. The van der Waals surface area contributed by atoms with Crippen molar-refractivity contribution in [3.63, 3.8) is 0 Å². The minimum atomic E-state index is -0.942. The average Bonchev–Trinajstić information content (AvgIpc) is 2.71. The van der Waals surface area contributed by atoms with Crippen LogP contribution in [0.1, 0.15) is 46.9 Å². The molecule has 0 bridgehead atoms. The van der Waals surface area contributed by atoms with Crippen LogP contribution in [0.5, 0.6) is 0 Å². The largest absolute Gasteiger partial charge is 0.388 e. The van der Waals surface area contributed by atoms with Gasteiger partial charge in [0, 0.05) is 23.1 Å². The molecule has 0 saturated carbocycles. The number of allylic oxidation sites excluding steroid dienone is 4. The number of aliphatic hydroxyl groups is 1. The number of carbonyl (C=O) groups excluding carboxylic acids is 1. The van der Waals surface area contributed by atoms with E-state index in [2.05, 4.69) is 0 Å². The molecule has 0 spiro atoms. The minimum absolute atomic E-state index is 0.0409. The minimum Gasteiger partial charge on any atom is -0.388 e. The van der Waals surface area contributed by atoms with Gasteiger partial charge in [0.1, 0.15) is 0 Å². The van der Waals surface area contributed by atoms with Gasteiger partial charge in [0.25, 0.3) is 5.69 Å². The Morgan fingerprint density at radius 2 is 2.20 bits per heavy atom. The summed E-state index contributed by atoms with van der Waals surface area (Å²) < 4.78 is 0. The van der Waals surface area contributed by atoms with Crippen molar-refractivity contribution in [3.8, 4) is 0 Å². The zero-order chi connectivity index (χ0) is 14.4. The van der Waals surface area contributed by atoms with Gasteiger partial charge in [-0.3, -0.25) is 14.9 Å². The molecule has 2 atom stereocenters. The number of nitro benzene ring substituents is 1. The molecule has 0 aromatic heterocycles. The van der Waals surface area contributed by atoms with Crippen molar-refractivity contribution in [1.82, 2.24) is 0 Å². The maximum Gasteiger partial charge on any atom is 0.275 e. The van der Waals surface area contributed by atoms with Crippen LogP contribution >= 0.6 is 0 Å². The van der Waals surface area contributed by atoms with E-state index in [1.807, 2.05) is 12.2 Å². The molecule has 2 unspecified atom stereocenters. The maximum absolute atomic E-state index is 12.3. The summed E-state index contributed by atoms with van der Waals surface area (Å²) in [5, 5.41) is 20.8. The molecule has 1 N–H and O–H groups in total. The summed E-state index contributed by atoms with van der Waals surface area (Å²) in [6, 6.07) is 2.92. The first-order chi connectivity index (χ1) is 9.50. The van der Waals surface area contributed by atoms with E-state index in [9.17, 15) is 20.0 Å². The number of ketones is 1. The summed E-state index contributed by atoms with van der Waals surface area (Å²) in [6.45, 7) is 1.49. The first-order valence-corrected chi connectivity index (χ1v) is 6.42. The highest BCUT2D eigenvalue weighted by atomic mass is 16.6. The number of rotatable bonds is 2. The molecule has 102 valence electrons. The molecular weight excluding hydrogens is 258 g/mol. The molecule has 5 heteroatoms. The fraction of sp³-hybridized carbons (Fsp3) is 0.267. The lowest BCUT2D eigenvalue weighted by atomic mass is 9.89. The molecule has 0 saturated heterocycles. The number of benzene rings is 1. The molecule has 5 nitrogen and oxygen atoms in total. The molecule has 0 amide bonds. The normalized spacial score (nSPS) is 21.2. The second-order valence-electron chi connectivity index (χ2n) is 5.10. The average molecular weight is 271 g/mol. The highest BCUT2D eigenvalue weighted by Crippen LogP contribution is 2.44. The van der Waals surface area contributed by atoms with Gasteiger partial charge in [0.05, 0.1) is 16.6 Å². The summed E-state index contributed by atoms with van der Waals surface area (Å²) >= 11 is 0. The number of fused-ring (bicyclic) bond motifs is 3. The third-order valence-electron chi connectivity index (χ3n) is 3.89. The van der Waals surface area contributed by atoms with E-state index >= 15 is 0 Å². The lowest BCUT2D eigenvalue weighted by Crippen LogP contribution is -2.03. The molecule has 0 radical (unpaired) electrons. The second kappa shape index (κ2) is 4.38. The van der Waals surface area contributed by atoms with E-state index in [4.69, 9.17) is 0 Å². The Balaban J connectivity index is 2.23. The summed E-state index contributed by atoms with van der Waals surface area (Å²) in [4.78, 5) is 22.9. The Bertz CT molecular complexity index is 685.